The molecule has 0 radical (unpaired) electrons. The predicted octanol–water partition coefficient (Wildman–Crippen LogP) is 0.655. The standard InChI is InChI=1S/C11H22N2O2/c1-8(2)9(12)6-10(14)13-11(3)4-5-15-7-11/h8-9H,4-7,12H2,1-3H3,(H,13,14). The van der Waals surface area contributed by atoms with Crippen molar-refractivity contribution in [1.29, 1.82) is 0 Å². The molecule has 15 heavy (non-hydrogen) atoms. The Morgan fingerprint density at radius 1 is 1.60 bits per heavy atom. The molecular formula is C11H22N2O2. The Morgan fingerprint density at radius 2 is 2.27 bits per heavy atom. The molecule has 1 aliphatic rings. The maximum Gasteiger partial charge on any atom is 0.222 e. The number of rotatable bonds is 4. The Bertz CT molecular complexity index is 223. The molecule has 4 heteroatoms. The number of hydrogen-bond acceptors (Lipinski definition) is 3. The molecule has 0 saturated carbocycles. The Labute approximate surface area is 91.5 Å². The summed E-state index contributed by atoms with van der Waals surface area (Å²) in [5.41, 5.74) is 5.66. The van der Waals surface area contributed by atoms with Gasteiger partial charge in [0.25, 0.3) is 0 Å². The van der Waals surface area contributed by atoms with Gasteiger partial charge in [0.15, 0.2) is 0 Å². The van der Waals surface area contributed by atoms with Gasteiger partial charge in [-0.15, -0.1) is 0 Å². The first-order valence-electron chi connectivity index (χ1n) is 5.57. The van der Waals surface area contributed by atoms with E-state index in [9.17, 15) is 4.79 Å². The fraction of sp³-hybridized carbons (Fsp3) is 0.909. The zero-order chi connectivity index (χ0) is 11.5. The van der Waals surface area contributed by atoms with Gasteiger partial charge in [0.1, 0.15) is 0 Å². The highest BCUT2D eigenvalue weighted by Crippen LogP contribution is 2.17. The highest BCUT2D eigenvalue weighted by molar-refractivity contribution is 5.77. The second-order valence-electron chi connectivity index (χ2n) is 5.02. The zero-order valence-electron chi connectivity index (χ0n) is 9.88. The lowest BCUT2D eigenvalue weighted by atomic mass is 9.98. The van der Waals surface area contributed by atoms with Crippen LogP contribution in [0.25, 0.3) is 0 Å². The van der Waals surface area contributed by atoms with Crippen LogP contribution in [0.15, 0.2) is 0 Å². The van der Waals surface area contributed by atoms with Crippen molar-refractivity contribution in [3.63, 3.8) is 0 Å². The number of ether oxygens (including phenoxy) is 1. The molecule has 1 rings (SSSR count). The summed E-state index contributed by atoms with van der Waals surface area (Å²) in [5.74, 6) is 0.368. The Kier molecular flexibility index (Phi) is 4.11. The molecule has 0 aliphatic carbocycles. The zero-order valence-corrected chi connectivity index (χ0v) is 9.88. The molecule has 0 aromatic rings. The maximum atomic E-state index is 11.7. The Morgan fingerprint density at radius 3 is 2.73 bits per heavy atom. The van der Waals surface area contributed by atoms with Crippen LogP contribution in [0.3, 0.4) is 0 Å². The first-order chi connectivity index (χ1) is 6.93. The van der Waals surface area contributed by atoms with Crippen molar-refractivity contribution in [2.24, 2.45) is 11.7 Å². The monoisotopic (exact) mass is 214 g/mol. The summed E-state index contributed by atoms with van der Waals surface area (Å²) in [4.78, 5) is 11.7. The minimum Gasteiger partial charge on any atom is -0.379 e. The van der Waals surface area contributed by atoms with Gasteiger partial charge >= 0.3 is 0 Å². The smallest absolute Gasteiger partial charge is 0.222 e. The van der Waals surface area contributed by atoms with Crippen LogP contribution in [0.4, 0.5) is 0 Å². The van der Waals surface area contributed by atoms with E-state index in [2.05, 4.69) is 5.32 Å². The van der Waals surface area contributed by atoms with Crippen molar-refractivity contribution in [2.75, 3.05) is 13.2 Å². The normalized spacial score (nSPS) is 28.1. The molecule has 0 aromatic heterocycles. The number of hydrogen-bond donors (Lipinski definition) is 2. The Balaban J connectivity index is 2.35. The SMILES string of the molecule is CC(C)C(N)CC(=O)NC1(C)CCOC1. The summed E-state index contributed by atoms with van der Waals surface area (Å²) in [6.07, 6.45) is 1.28. The highest BCUT2D eigenvalue weighted by atomic mass is 16.5. The number of nitrogens with two attached hydrogens (primary N) is 1. The van der Waals surface area contributed by atoms with Gasteiger partial charge in [0, 0.05) is 19.1 Å². The van der Waals surface area contributed by atoms with Crippen LogP contribution < -0.4 is 11.1 Å². The fourth-order valence-electron chi connectivity index (χ4n) is 1.60. The third kappa shape index (κ3) is 3.80. The maximum absolute atomic E-state index is 11.7. The van der Waals surface area contributed by atoms with Crippen LogP contribution >= 0.6 is 0 Å². The lowest BCUT2D eigenvalue weighted by Crippen LogP contribution is -2.48. The molecule has 4 nitrogen and oxygen atoms in total. The summed E-state index contributed by atoms with van der Waals surface area (Å²) < 4.78 is 5.27. The second kappa shape index (κ2) is 4.94. The minimum atomic E-state index is -0.187. The minimum absolute atomic E-state index is 0.0317. The molecule has 1 aliphatic heterocycles. The van der Waals surface area contributed by atoms with Crippen molar-refractivity contribution in [2.45, 2.75) is 45.2 Å². The van der Waals surface area contributed by atoms with Gasteiger partial charge < -0.3 is 15.8 Å². The first kappa shape index (κ1) is 12.5. The summed E-state index contributed by atoms with van der Waals surface area (Å²) in [5, 5.41) is 3.00. The van der Waals surface area contributed by atoms with Gasteiger partial charge in [-0.1, -0.05) is 13.8 Å². The molecule has 0 aromatic carbocycles. The molecule has 1 heterocycles. The highest BCUT2D eigenvalue weighted by Gasteiger charge is 2.31. The lowest BCUT2D eigenvalue weighted by molar-refractivity contribution is -0.123. The van der Waals surface area contributed by atoms with Crippen LogP contribution in [-0.4, -0.2) is 30.7 Å². The van der Waals surface area contributed by atoms with E-state index in [0.29, 0.717) is 18.9 Å². The van der Waals surface area contributed by atoms with Crippen LogP contribution in [0.5, 0.6) is 0 Å². The van der Waals surface area contributed by atoms with Crippen LogP contribution in [-0.2, 0) is 9.53 Å². The van der Waals surface area contributed by atoms with E-state index >= 15 is 0 Å². The van der Waals surface area contributed by atoms with Crippen molar-refractivity contribution in [3.05, 3.63) is 0 Å². The van der Waals surface area contributed by atoms with E-state index in [1.165, 1.54) is 0 Å². The second-order valence-corrected chi connectivity index (χ2v) is 5.02. The van der Waals surface area contributed by atoms with Crippen molar-refractivity contribution >= 4 is 5.91 Å². The van der Waals surface area contributed by atoms with E-state index in [-0.39, 0.29) is 17.5 Å². The van der Waals surface area contributed by atoms with E-state index < -0.39 is 0 Å². The predicted molar refractivity (Wildman–Crippen MR) is 59.4 cm³/mol. The molecule has 2 atom stereocenters. The molecule has 88 valence electrons. The molecule has 0 spiro atoms. The first-order valence-corrected chi connectivity index (χ1v) is 5.57. The summed E-state index contributed by atoms with van der Waals surface area (Å²) in [6, 6.07) is -0.0593. The van der Waals surface area contributed by atoms with E-state index in [4.69, 9.17) is 10.5 Å². The summed E-state index contributed by atoms with van der Waals surface area (Å²) in [7, 11) is 0. The van der Waals surface area contributed by atoms with Crippen LogP contribution in [0.2, 0.25) is 0 Å². The lowest BCUT2D eigenvalue weighted by Gasteiger charge is -2.25. The molecule has 3 N–H and O–H groups in total. The third-order valence-electron chi connectivity index (χ3n) is 2.94. The molecular weight excluding hydrogens is 192 g/mol. The quantitative estimate of drug-likeness (QED) is 0.722. The van der Waals surface area contributed by atoms with Crippen molar-refractivity contribution in [3.8, 4) is 0 Å². The topological polar surface area (TPSA) is 64.4 Å². The van der Waals surface area contributed by atoms with E-state index in [1.807, 2.05) is 20.8 Å². The van der Waals surface area contributed by atoms with E-state index in [1.54, 1.807) is 0 Å². The number of amides is 1. The molecule has 2 unspecified atom stereocenters. The van der Waals surface area contributed by atoms with Gasteiger partial charge in [0.2, 0.25) is 5.91 Å². The number of carbonyl (C=O) groups excluding carboxylic acids is 1. The van der Waals surface area contributed by atoms with Gasteiger partial charge in [-0.05, 0) is 19.3 Å². The molecule has 0 bridgehead atoms. The van der Waals surface area contributed by atoms with Crippen molar-refractivity contribution in [1.82, 2.24) is 5.32 Å². The van der Waals surface area contributed by atoms with Crippen LogP contribution in [0, 0.1) is 5.92 Å². The Hall–Kier alpha value is -0.610. The summed E-state index contributed by atoms with van der Waals surface area (Å²) in [6.45, 7) is 7.40. The van der Waals surface area contributed by atoms with Gasteiger partial charge in [-0.3, -0.25) is 4.79 Å². The van der Waals surface area contributed by atoms with Gasteiger partial charge in [-0.25, -0.2) is 0 Å². The van der Waals surface area contributed by atoms with Gasteiger partial charge in [0.05, 0.1) is 12.1 Å². The third-order valence-corrected chi connectivity index (χ3v) is 2.94. The molecule has 1 saturated heterocycles. The fourth-order valence-corrected chi connectivity index (χ4v) is 1.60. The molecule has 1 fully saturated rings. The summed E-state index contributed by atoms with van der Waals surface area (Å²) >= 11 is 0. The van der Waals surface area contributed by atoms with E-state index in [0.717, 1.165) is 13.0 Å². The van der Waals surface area contributed by atoms with Crippen molar-refractivity contribution < 1.29 is 9.53 Å². The average molecular weight is 214 g/mol. The average Bonchev–Trinajstić information content (AvgIpc) is 2.50. The van der Waals surface area contributed by atoms with Crippen LogP contribution in [0.1, 0.15) is 33.6 Å². The molecule has 1 amide bonds. The number of nitrogens with one attached hydrogen (secondary N) is 1. The van der Waals surface area contributed by atoms with Gasteiger partial charge in [-0.2, -0.15) is 0 Å². The largest absolute Gasteiger partial charge is 0.379 e. The number of carbonyl (C=O) groups is 1.